The average Bonchev–Trinajstić information content (AvgIpc) is 2.39. The van der Waals surface area contributed by atoms with Crippen LogP contribution < -0.4 is 0 Å². The molecule has 0 fully saturated rings. The van der Waals surface area contributed by atoms with Crippen LogP contribution in [-0.2, 0) is 6.42 Å². The molecule has 1 aromatic heterocycles. The van der Waals surface area contributed by atoms with Crippen LogP contribution in [0.5, 0.6) is 0 Å². The molecule has 4 heteroatoms. The van der Waals surface area contributed by atoms with Crippen molar-refractivity contribution < 1.29 is 4.79 Å². The molecule has 2 aromatic rings. The number of hydrogen-bond acceptors (Lipinski definition) is 3. The second kappa shape index (κ2) is 5.93. The average molecular weight is 275 g/mol. The van der Waals surface area contributed by atoms with Crippen molar-refractivity contribution in [1.82, 2.24) is 9.97 Å². The number of hydrogen-bond donors (Lipinski definition) is 0. The Morgan fingerprint density at radius 2 is 1.89 bits per heavy atom. The van der Waals surface area contributed by atoms with Crippen LogP contribution in [0.1, 0.15) is 35.1 Å². The molecule has 0 saturated carbocycles. The highest BCUT2D eigenvalue weighted by Crippen LogP contribution is 2.25. The minimum Gasteiger partial charge on any atom is -0.298 e. The van der Waals surface area contributed by atoms with Gasteiger partial charge in [-0.05, 0) is 18.9 Å². The molecular weight excluding hydrogens is 260 g/mol. The summed E-state index contributed by atoms with van der Waals surface area (Å²) in [4.78, 5) is 19.5. The molecule has 1 heterocycles. The molecular formula is C15H15ClN2O. The lowest BCUT2D eigenvalue weighted by atomic mass is 10.0. The predicted molar refractivity (Wildman–Crippen MR) is 76.6 cm³/mol. The van der Waals surface area contributed by atoms with Crippen molar-refractivity contribution in [3.05, 3.63) is 46.4 Å². The Labute approximate surface area is 117 Å². The lowest BCUT2D eigenvalue weighted by Crippen LogP contribution is -1.99. The monoisotopic (exact) mass is 274 g/mol. The maximum absolute atomic E-state index is 11.1. The number of aldehydes is 1. The van der Waals surface area contributed by atoms with Crippen molar-refractivity contribution in [3.8, 4) is 11.3 Å². The van der Waals surface area contributed by atoms with Gasteiger partial charge in [0.15, 0.2) is 6.29 Å². The maximum atomic E-state index is 11.1. The lowest BCUT2D eigenvalue weighted by Gasteiger charge is -2.07. The molecule has 19 heavy (non-hydrogen) atoms. The van der Waals surface area contributed by atoms with Gasteiger partial charge in [-0.2, -0.15) is 0 Å². The number of carbonyl (C=O) groups excluding carboxylic acids is 1. The first kappa shape index (κ1) is 13.7. The summed E-state index contributed by atoms with van der Waals surface area (Å²) >= 11 is 5.98. The fraction of sp³-hybridized carbons (Fsp3) is 0.267. The van der Waals surface area contributed by atoms with E-state index >= 15 is 0 Å². The highest BCUT2D eigenvalue weighted by atomic mass is 35.5. The van der Waals surface area contributed by atoms with E-state index in [9.17, 15) is 4.79 Å². The molecule has 0 aliphatic heterocycles. The zero-order chi connectivity index (χ0) is 13.8. The number of halogens is 1. The molecule has 0 spiro atoms. The molecule has 0 unspecified atom stereocenters. The molecule has 0 saturated heterocycles. The van der Waals surface area contributed by atoms with E-state index < -0.39 is 0 Å². The SMILES string of the molecule is CCCc1ccc(-c2nc(C)nc(Cl)c2C=O)cc1. The van der Waals surface area contributed by atoms with Crippen LogP contribution >= 0.6 is 11.6 Å². The fourth-order valence-corrected chi connectivity index (χ4v) is 2.25. The number of carbonyl (C=O) groups is 1. The van der Waals surface area contributed by atoms with Gasteiger partial charge < -0.3 is 0 Å². The molecule has 0 bridgehead atoms. The van der Waals surface area contributed by atoms with Crippen molar-refractivity contribution >= 4 is 17.9 Å². The van der Waals surface area contributed by atoms with E-state index in [0.717, 1.165) is 18.4 Å². The molecule has 2 rings (SSSR count). The second-order valence-electron chi connectivity index (χ2n) is 4.39. The second-order valence-corrected chi connectivity index (χ2v) is 4.75. The summed E-state index contributed by atoms with van der Waals surface area (Å²) in [5.41, 5.74) is 3.09. The van der Waals surface area contributed by atoms with Crippen LogP contribution in [-0.4, -0.2) is 16.3 Å². The zero-order valence-corrected chi connectivity index (χ0v) is 11.7. The Kier molecular flexibility index (Phi) is 4.27. The molecule has 0 aliphatic rings. The summed E-state index contributed by atoms with van der Waals surface area (Å²) in [6, 6.07) is 8.05. The van der Waals surface area contributed by atoms with Crippen LogP contribution in [0.3, 0.4) is 0 Å². The fourth-order valence-electron chi connectivity index (χ4n) is 1.99. The van der Waals surface area contributed by atoms with Gasteiger partial charge in [-0.15, -0.1) is 0 Å². The minimum absolute atomic E-state index is 0.204. The normalized spacial score (nSPS) is 10.5. The number of nitrogens with zero attached hydrogens (tertiary/aromatic N) is 2. The van der Waals surface area contributed by atoms with E-state index in [-0.39, 0.29) is 5.15 Å². The summed E-state index contributed by atoms with van der Waals surface area (Å²) in [5.74, 6) is 0.559. The van der Waals surface area contributed by atoms with E-state index in [1.165, 1.54) is 5.56 Å². The number of aryl methyl sites for hydroxylation is 2. The van der Waals surface area contributed by atoms with E-state index in [4.69, 9.17) is 11.6 Å². The third kappa shape index (κ3) is 2.99. The third-order valence-corrected chi connectivity index (χ3v) is 3.18. The van der Waals surface area contributed by atoms with E-state index in [0.29, 0.717) is 23.4 Å². The Morgan fingerprint density at radius 3 is 2.47 bits per heavy atom. The first-order valence-corrected chi connectivity index (χ1v) is 6.62. The number of rotatable bonds is 4. The van der Waals surface area contributed by atoms with Crippen molar-refractivity contribution in [2.75, 3.05) is 0 Å². The van der Waals surface area contributed by atoms with Crippen molar-refractivity contribution in [1.29, 1.82) is 0 Å². The van der Waals surface area contributed by atoms with Gasteiger partial charge in [-0.3, -0.25) is 4.79 Å². The van der Waals surface area contributed by atoms with Gasteiger partial charge in [-0.1, -0.05) is 49.2 Å². The molecule has 0 atom stereocenters. The van der Waals surface area contributed by atoms with Crippen LogP contribution in [0.25, 0.3) is 11.3 Å². The lowest BCUT2D eigenvalue weighted by molar-refractivity contribution is 0.112. The summed E-state index contributed by atoms with van der Waals surface area (Å²) < 4.78 is 0. The molecule has 98 valence electrons. The van der Waals surface area contributed by atoms with Gasteiger partial charge in [-0.25, -0.2) is 9.97 Å². The molecule has 0 radical (unpaired) electrons. The van der Waals surface area contributed by atoms with Crippen molar-refractivity contribution in [2.24, 2.45) is 0 Å². The van der Waals surface area contributed by atoms with Gasteiger partial charge in [0, 0.05) is 5.56 Å². The van der Waals surface area contributed by atoms with E-state index in [1.807, 2.05) is 12.1 Å². The molecule has 0 aliphatic carbocycles. The van der Waals surface area contributed by atoms with Crippen LogP contribution in [0.4, 0.5) is 0 Å². The van der Waals surface area contributed by atoms with Gasteiger partial charge in [0.2, 0.25) is 0 Å². The topological polar surface area (TPSA) is 42.9 Å². The number of aromatic nitrogens is 2. The predicted octanol–water partition coefficient (Wildman–Crippen LogP) is 3.87. The molecule has 1 aromatic carbocycles. The third-order valence-electron chi connectivity index (χ3n) is 2.89. The van der Waals surface area contributed by atoms with Gasteiger partial charge >= 0.3 is 0 Å². The number of benzene rings is 1. The van der Waals surface area contributed by atoms with Crippen molar-refractivity contribution in [3.63, 3.8) is 0 Å². The van der Waals surface area contributed by atoms with Crippen LogP contribution in [0.15, 0.2) is 24.3 Å². The van der Waals surface area contributed by atoms with Gasteiger partial charge in [0.1, 0.15) is 11.0 Å². The first-order chi connectivity index (χ1) is 9.15. The van der Waals surface area contributed by atoms with E-state index in [1.54, 1.807) is 6.92 Å². The largest absolute Gasteiger partial charge is 0.298 e. The molecule has 0 N–H and O–H groups in total. The summed E-state index contributed by atoms with van der Waals surface area (Å²) in [7, 11) is 0. The van der Waals surface area contributed by atoms with Crippen LogP contribution in [0, 0.1) is 6.92 Å². The van der Waals surface area contributed by atoms with E-state index in [2.05, 4.69) is 29.0 Å². The molecule has 0 amide bonds. The van der Waals surface area contributed by atoms with Gasteiger partial charge in [0.25, 0.3) is 0 Å². The quantitative estimate of drug-likeness (QED) is 0.628. The minimum atomic E-state index is 0.204. The highest BCUT2D eigenvalue weighted by molar-refractivity contribution is 6.32. The van der Waals surface area contributed by atoms with Crippen molar-refractivity contribution in [2.45, 2.75) is 26.7 Å². The summed E-state index contributed by atoms with van der Waals surface area (Å²) in [5, 5.41) is 0.204. The smallest absolute Gasteiger partial charge is 0.155 e. The Hall–Kier alpha value is -1.74. The maximum Gasteiger partial charge on any atom is 0.155 e. The Morgan fingerprint density at radius 1 is 1.21 bits per heavy atom. The first-order valence-electron chi connectivity index (χ1n) is 6.24. The summed E-state index contributed by atoms with van der Waals surface area (Å²) in [6.45, 7) is 3.90. The Balaban J connectivity index is 2.48. The van der Waals surface area contributed by atoms with Crippen LogP contribution in [0.2, 0.25) is 5.15 Å². The standard InChI is InChI=1S/C15H15ClN2O/c1-3-4-11-5-7-12(8-6-11)14-13(9-19)15(16)18-10(2)17-14/h5-9H,3-4H2,1-2H3. The molecule has 3 nitrogen and oxygen atoms in total. The summed E-state index contributed by atoms with van der Waals surface area (Å²) in [6.07, 6.45) is 2.86. The zero-order valence-electron chi connectivity index (χ0n) is 11.0. The Bertz CT molecular complexity index is 594. The van der Waals surface area contributed by atoms with Gasteiger partial charge in [0.05, 0.1) is 11.3 Å². The highest BCUT2D eigenvalue weighted by Gasteiger charge is 2.12.